The van der Waals surface area contributed by atoms with Gasteiger partial charge in [0, 0.05) is 31.9 Å². The molecule has 1 atom stereocenters. The van der Waals surface area contributed by atoms with Crippen LogP contribution in [0.4, 0.5) is 11.5 Å². The Morgan fingerprint density at radius 2 is 1.97 bits per heavy atom. The van der Waals surface area contributed by atoms with Crippen LogP contribution in [0.5, 0.6) is 0 Å². The number of hydrogen-bond donors (Lipinski definition) is 2. The molecule has 0 bridgehead atoms. The average molecular weight is 397 g/mol. The summed E-state index contributed by atoms with van der Waals surface area (Å²) in [6.07, 6.45) is 5.93. The van der Waals surface area contributed by atoms with E-state index in [0.717, 1.165) is 38.9 Å². The molecule has 0 aliphatic carbocycles. The van der Waals surface area contributed by atoms with Crippen LogP contribution in [0.15, 0.2) is 35.1 Å². The van der Waals surface area contributed by atoms with E-state index in [-0.39, 0.29) is 11.9 Å². The maximum absolute atomic E-state index is 12.3. The van der Waals surface area contributed by atoms with Crippen LogP contribution in [0.1, 0.15) is 36.4 Å². The number of likely N-dealkylation sites (N-methyl/N-ethyl adjacent to an activating group) is 1. The molecule has 154 valence electrons. The summed E-state index contributed by atoms with van der Waals surface area (Å²) in [4.78, 5) is 29.1. The highest BCUT2D eigenvalue weighted by atomic mass is 16.5. The van der Waals surface area contributed by atoms with Gasteiger partial charge in [0.2, 0.25) is 0 Å². The summed E-state index contributed by atoms with van der Waals surface area (Å²) in [5.74, 6) is -1.19. The van der Waals surface area contributed by atoms with Crippen molar-refractivity contribution in [2.24, 2.45) is 0 Å². The smallest absolute Gasteiger partial charge is 0.314 e. The first-order valence-electron chi connectivity index (χ1n) is 10.2. The number of rotatable bonds is 5. The predicted octanol–water partition coefficient (Wildman–Crippen LogP) is 1.95. The van der Waals surface area contributed by atoms with Crippen molar-refractivity contribution in [2.45, 2.75) is 31.7 Å². The van der Waals surface area contributed by atoms with E-state index in [4.69, 9.17) is 0 Å². The highest BCUT2D eigenvalue weighted by molar-refractivity contribution is 6.39. The number of carbonyl (C=O) groups is 2. The molecule has 8 nitrogen and oxygen atoms in total. The summed E-state index contributed by atoms with van der Waals surface area (Å²) in [5.41, 5.74) is 3.82. The summed E-state index contributed by atoms with van der Waals surface area (Å²) in [6, 6.07) is 8.13. The lowest BCUT2D eigenvalue weighted by atomic mass is 9.98. The Morgan fingerprint density at radius 3 is 2.72 bits per heavy atom. The number of amides is 2. The minimum atomic E-state index is -0.744. The van der Waals surface area contributed by atoms with Crippen molar-refractivity contribution in [1.82, 2.24) is 15.4 Å². The lowest BCUT2D eigenvalue weighted by molar-refractivity contribution is -0.136. The number of fused-ring (bicyclic) bond motifs is 1. The van der Waals surface area contributed by atoms with E-state index < -0.39 is 11.8 Å². The summed E-state index contributed by atoms with van der Waals surface area (Å²) in [6.45, 7) is 3.43. The monoisotopic (exact) mass is 397 g/mol. The first kappa shape index (κ1) is 19.4. The molecule has 3 heterocycles. The highest BCUT2D eigenvalue weighted by Crippen LogP contribution is 2.32. The molecule has 1 aromatic carbocycles. The molecule has 0 radical (unpaired) electrons. The molecular weight excluding hydrogens is 370 g/mol. The third-order valence-corrected chi connectivity index (χ3v) is 5.79. The molecule has 1 saturated heterocycles. The van der Waals surface area contributed by atoms with E-state index >= 15 is 0 Å². The van der Waals surface area contributed by atoms with Gasteiger partial charge < -0.3 is 14.7 Å². The fourth-order valence-electron chi connectivity index (χ4n) is 4.20. The predicted molar refractivity (Wildman–Crippen MR) is 110 cm³/mol. The van der Waals surface area contributed by atoms with Crippen molar-refractivity contribution in [1.29, 1.82) is 0 Å². The topological polar surface area (TPSA) is 90.7 Å². The maximum Gasteiger partial charge on any atom is 0.314 e. The zero-order valence-corrected chi connectivity index (χ0v) is 16.7. The van der Waals surface area contributed by atoms with Crippen molar-refractivity contribution in [2.75, 3.05) is 43.4 Å². The largest absolute Gasteiger partial charge is 0.374 e. The normalized spacial score (nSPS) is 17.6. The second kappa shape index (κ2) is 8.65. The molecule has 2 aromatic rings. The quantitative estimate of drug-likeness (QED) is 0.750. The van der Waals surface area contributed by atoms with Gasteiger partial charge in [0.25, 0.3) is 0 Å². The Labute approximate surface area is 170 Å². The van der Waals surface area contributed by atoms with Gasteiger partial charge in [0.15, 0.2) is 5.82 Å². The Kier molecular flexibility index (Phi) is 5.80. The van der Waals surface area contributed by atoms with E-state index in [9.17, 15) is 9.59 Å². The van der Waals surface area contributed by atoms with Gasteiger partial charge in [-0.15, -0.1) is 0 Å². The van der Waals surface area contributed by atoms with E-state index in [0.29, 0.717) is 6.54 Å². The third-order valence-electron chi connectivity index (χ3n) is 5.79. The number of likely N-dealkylation sites (tertiary alicyclic amines) is 1. The number of carbonyl (C=O) groups excluding carboxylic acids is 2. The number of piperidine rings is 1. The lowest BCUT2D eigenvalue weighted by Crippen LogP contribution is -2.43. The second-order valence-corrected chi connectivity index (χ2v) is 7.72. The van der Waals surface area contributed by atoms with Gasteiger partial charge in [0.1, 0.15) is 6.26 Å². The van der Waals surface area contributed by atoms with Crippen LogP contribution in [0.3, 0.4) is 0 Å². The molecule has 2 aliphatic heterocycles. The van der Waals surface area contributed by atoms with Crippen LogP contribution in [0.2, 0.25) is 0 Å². The third kappa shape index (κ3) is 4.42. The number of anilines is 2. The van der Waals surface area contributed by atoms with Crippen molar-refractivity contribution in [3.05, 3.63) is 41.7 Å². The Hall–Kier alpha value is -2.87. The van der Waals surface area contributed by atoms with Crippen LogP contribution in [0.25, 0.3) is 0 Å². The van der Waals surface area contributed by atoms with Gasteiger partial charge in [0.05, 0.1) is 6.04 Å². The lowest BCUT2D eigenvalue weighted by Gasteiger charge is -2.35. The Bertz CT molecular complexity index is 861. The molecule has 2 aliphatic rings. The van der Waals surface area contributed by atoms with Gasteiger partial charge in [-0.3, -0.25) is 19.8 Å². The number of benzene rings is 1. The number of hydrogen-bond acceptors (Lipinski definition) is 6. The molecule has 1 fully saturated rings. The molecule has 0 saturated carbocycles. The Morgan fingerprint density at radius 1 is 1.14 bits per heavy atom. The van der Waals surface area contributed by atoms with E-state index in [2.05, 4.69) is 55.4 Å². The minimum absolute atomic E-state index is 0.0512. The maximum atomic E-state index is 12.3. The van der Waals surface area contributed by atoms with Gasteiger partial charge >= 0.3 is 11.8 Å². The van der Waals surface area contributed by atoms with Crippen molar-refractivity contribution in [3.8, 4) is 0 Å². The number of nitrogens with zero attached hydrogens (tertiary/aromatic N) is 3. The highest BCUT2D eigenvalue weighted by Gasteiger charge is 2.26. The molecular formula is C21H27N5O3. The SMILES string of the molecule is CN1CCc2cc([C@@H](CNC(=O)C(=O)Nc3ccon3)N3CCCCC3)ccc21. The van der Waals surface area contributed by atoms with Gasteiger partial charge in [-0.1, -0.05) is 23.7 Å². The second-order valence-electron chi connectivity index (χ2n) is 7.72. The Balaban J connectivity index is 1.46. The summed E-state index contributed by atoms with van der Waals surface area (Å²) in [7, 11) is 2.11. The van der Waals surface area contributed by atoms with Crippen molar-refractivity contribution >= 4 is 23.3 Å². The van der Waals surface area contributed by atoms with Gasteiger partial charge in [-0.05, 0) is 49.5 Å². The molecule has 29 heavy (non-hydrogen) atoms. The van der Waals surface area contributed by atoms with Crippen molar-refractivity contribution in [3.63, 3.8) is 0 Å². The summed E-state index contributed by atoms with van der Waals surface area (Å²) >= 11 is 0. The molecule has 8 heteroatoms. The van der Waals surface area contributed by atoms with E-state index in [1.54, 1.807) is 0 Å². The van der Waals surface area contributed by atoms with Crippen LogP contribution < -0.4 is 15.5 Å². The first-order chi connectivity index (χ1) is 14.1. The van der Waals surface area contributed by atoms with Crippen LogP contribution in [-0.2, 0) is 16.0 Å². The molecule has 2 N–H and O–H groups in total. The van der Waals surface area contributed by atoms with E-state index in [1.165, 1.54) is 35.6 Å². The van der Waals surface area contributed by atoms with Crippen LogP contribution in [-0.4, -0.2) is 55.1 Å². The number of nitrogens with one attached hydrogen (secondary N) is 2. The van der Waals surface area contributed by atoms with Gasteiger partial charge in [-0.2, -0.15) is 0 Å². The standard InChI is InChI=1S/C21H27N5O3/c1-25-11-7-16-13-15(5-6-17(16)25)18(26-9-3-2-4-10-26)14-22-20(27)21(28)23-19-8-12-29-24-19/h5-6,8,12-13,18H,2-4,7,9-11,14H2,1H3,(H,22,27)(H,23,24,28)/t18-/m1/s1. The molecule has 0 unspecified atom stereocenters. The first-order valence-corrected chi connectivity index (χ1v) is 10.2. The van der Waals surface area contributed by atoms with Crippen LogP contribution in [0, 0.1) is 0 Å². The van der Waals surface area contributed by atoms with Crippen LogP contribution >= 0.6 is 0 Å². The molecule has 1 aromatic heterocycles. The molecule has 2 amide bonds. The van der Waals surface area contributed by atoms with E-state index in [1.807, 2.05) is 0 Å². The zero-order chi connectivity index (χ0) is 20.2. The fraction of sp³-hybridized carbons (Fsp3) is 0.476. The minimum Gasteiger partial charge on any atom is -0.374 e. The molecule has 0 spiro atoms. The summed E-state index contributed by atoms with van der Waals surface area (Å²) in [5, 5.41) is 8.83. The average Bonchev–Trinajstić information content (AvgIpc) is 3.38. The fourth-order valence-corrected chi connectivity index (χ4v) is 4.20. The van der Waals surface area contributed by atoms with Gasteiger partial charge in [-0.25, -0.2) is 0 Å². The zero-order valence-electron chi connectivity index (χ0n) is 16.7. The number of aromatic nitrogens is 1. The molecule has 4 rings (SSSR count). The van der Waals surface area contributed by atoms with Crippen molar-refractivity contribution < 1.29 is 14.1 Å². The summed E-state index contributed by atoms with van der Waals surface area (Å²) < 4.78 is 4.67.